The highest BCUT2D eigenvalue weighted by molar-refractivity contribution is 8.02. The molecule has 0 amide bonds. The lowest BCUT2D eigenvalue weighted by Gasteiger charge is -2.06. The molecule has 12 heavy (non-hydrogen) atoms. The SMILES string of the molecule is CCSc1c(SCC)c(=O)c1=O. The molecule has 0 bridgehead atoms. The summed E-state index contributed by atoms with van der Waals surface area (Å²) in [5.74, 6) is 1.70. The van der Waals surface area contributed by atoms with Gasteiger partial charge in [-0.15, -0.1) is 23.5 Å². The van der Waals surface area contributed by atoms with E-state index < -0.39 is 0 Å². The summed E-state index contributed by atoms with van der Waals surface area (Å²) in [5, 5.41) is 0. The van der Waals surface area contributed by atoms with Crippen LogP contribution in [0.3, 0.4) is 0 Å². The minimum atomic E-state index is -0.294. The van der Waals surface area contributed by atoms with Crippen LogP contribution in [0.15, 0.2) is 19.4 Å². The fraction of sp³-hybridized carbons (Fsp3) is 0.500. The van der Waals surface area contributed by atoms with Gasteiger partial charge in [0.25, 0.3) is 0 Å². The van der Waals surface area contributed by atoms with Gasteiger partial charge in [-0.1, -0.05) is 13.8 Å². The summed E-state index contributed by atoms with van der Waals surface area (Å²) in [5.41, 5.74) is -0.587. The lowest BCUT2D eigenvalue weighted by atomic mass is 10.3. The molecule has 1 rings (SSSR count). The average Bonchev–Trinajstić information content (AvgIpc) is 2.10. The van der Waals surface area contributed by atoms with Crippen molar-refractivity contribution in [1.29, 1.82) is 0 Å². The Hall–Kier alpha value is -0.220. The van der Waals surface area contributed by atoms with Gasteiger partial charge in [-0.05, 0) is 11.5 Å². The lowest BCUT2D eigenvalue weighted by Crippen LogP contribution is -2.34. The summed E-state index contributed by atoms with van der Waals surface area (Å²) >= 11 is 2.93. The first kappa shape index (κ1) is 9.86. The quantitative estimate of drug-likeness (QED) is 0.547. The Bertz CT molecular complexity index is 303. The number of rotatable bonds is 4. The van der Waals surface area contributed by atoms with Gasteiger partial charge in [-0.2, -0.15) is 0 Å². The second-order valence-electron chi connectivity index (χ2n) is 2.18. The van der Waals surface area contributed by atoms with Gasteiger partial charge in [0.1, 0.15) is 0 Å². The van der Waals surface area contributed by atoms with E-state index in [1.54, 1.807) is 0 Å². The third-order valence-electron chi connectivity index (χ3n) is 1.40. The van der Waals surface area contributed by atoms with Gasteiger partial charge in [0.15, 0.2) is 0 Å². The van der Waals surface area contributed by atoms with Gasteiger partial charge in [-0.25, -0.2) is 0 Å². The van der Waals surface area contributed by atoms with Crippen LogP contribution in [-0.2, 0) is 0 Å². The molecule has 0 aliphatic heterocycles. The van der Waals surface area contributed by atoms with Crippen molar-refractivity contribution in [2.45, 2.75) is 23.6 Å². The molecule has 0 aliphatic carbocycles. The second kappa shape index (κ2) is 4.14. The van der Waals surface area contributed by atoms with E-state index in [1.165, 1.54) is 23.5 Å². The Labute approximate surface area is 79.4 Å². The van der Waals surface area contributed by atoms with Crippen LogP contribution >= 0.6 is 23.5 Å². The standard InChI is InChI=1S/C8H10O2S2/c1-3-11-7-5(9)6(10)8(7)12-4-2/h3-4H2,1-2H3. The molecule has 0 atom stereocenters. The van der Waals surface area contributed by atoms with Gasteiger partial charge in [0.05, 0.1) is 9.79 Å². The first-order valence-corrected chi connectivity index (χ1v) is 5.78. The van der Waals surface area contributed by atoms with Crippen LogP contribution in [0.2, 0.25) is 0 Å². The Kier molecular flexibility index (Phi) is 3.40. The van der Waals surface area contributed by atoms with Crippen molar-refractivity contribution in [3.63, 3.8) is 0 Å². The molecule has 1 aromatic carbocycles. The zero-order valence-corrected chi connectivity index (χ0v) is 8.68. The van der Waals surface area contributed by atoms with E-state index in [1.807, 2.05) is 13.8 Å². The first-order valence-electron chi connectivity index (χ1n) is 3.81. The van der Waals surface area contributed by atoms with Crippen molar-refractivity contribution in [3.05, 3.63) is 20.4 Å². The summed E-state index contributed by atoms with van der Waals surface area (Å²) in [6.07, 6.45) is 0. The Balaban J connectivity index is 2.89. The molecule has 0 aliphatic rings. The Morgan fingerprint density at radius 1 is 0.917 bits per heavy atom. The monoisotopic (exact) mass is 202 g/mol. The summed E-state index contributed by atoms with van der Waals surface area (Å²) in [7, 11) is 0. The molecule has 0 radical (unpaired) electrons. The molecule has 4 heteroatoms. The number of thioether (sulfide) groups is 2. The van der Waals surface area contributed by atoms with E-state index in [9.17, 15) is 9.59 Å². The normalized spacial score (nSPS) is 10.8. The molecule has 0 spiro atoms. The lowest BCUT2D eigenvalue weighted by molar-refractivity contribution is 1.04. The number of hydrogen-bond donors (Lipinski definition) is 0. The number of hydrogen-bond acceptors (Lipinski definition) is 4. The third kappa shape index (κ3) is 1.59. The first-order chi connectivity index (χ1) is 5.72. The molecular weight excluding hydrogens is 192 g/mol. The summed E-state index contributed by atoms with van der Waals surface area (Å²) in [6, 6.07) is 0. The average molecular weight is 202 g/mol. The molecule has 2 nitrogen and oxygen atoms in total. The predicted molar refractivity (Wildman–Crippen MR) is 54.2 cm³/mol. The van der Waals surface area contributed by atoms with E-state index >= 15 is 0 Å². The highest BCUT2D eigenvalue weighted by atomic mass is 32.2. The maximum Gasteiger partial charge on any atom is 0.241 e. The molecule has 0 fully saturated rings. The van der Waals surface area contributed by atoms with Gasteiger partial charge in [0, 0.05) is 0 Å². The molecular formula is C8H10O2S2. The fourth-order valence-corrected chi connectivity index (χ4v) is 2.73. The Morgan fingerprint density at radius 2 is 1.25 bits per heavy atom. The van der Waals surface area contributed by atoms with Crippen LogP contribution in [0, 0.1) is 0 Å². The molecule has 0 aromatic heterocycles. The summed E-state index contributed by atoms with van der Waals surface area (Å²) < 4.78 is 0. The van der Waals surface area contributed by atoms with Crippen molar-refractivity contribution in [2.24, 2.45) is 0 Å². The van der Waals surface area contributed by atoms with Crippen LogP contribution in [-0.4, -0.2) is 11.5 Å². The maximum absolute atomic E-state index is 11.0. The smallest absolute Gasteiger partial charge is 0.241 e. The van der Waals surface area contributed by atoms with Crippen LogP contribution < -0.4 is 10.9 Å². The molecule has 0 heterocycles. The predicted octanol–water partition coefficient (Wildman–Crippen LogP) is 1.51. The minimum Gasteiger partial charge on any atom is -0.284 e. The van der Waals surface area contributed by atoms with E-state index in [0.29, 0.717) is 9.79 Å². The molecule has 0 saturated heterocycles. The summed E-state index contributed by atoms with van der Waals surface area (Å²) in [6.45, 7) is 3.95. The zero-order valence-electron chi connectivity index (χ0n) is 7.05. The molecule has 1 aromatic rings. The van der Waals surface area contributed by atoms with Gasteiger partial charge < -0.3 is 0 Å². The Morgan fingerprint density at radius 3 is 1.50 bits per heavy atom. The van der Waals surface area contributed by atoms with Gasteiger partial charge in [-0.3, -0.25) is 9.59 Å². The van der Waals surface area contributed by atoms with Gasteiger partial charge >= 0.3 is 0 Å². The van der Waals surface area contributed by atoms with E-state index in [2.05, 4.69) is 0 Å². The highest BCUT2D eigenvalue weighted by Gasteiger charge is 2.19. The van der Waals surface area contributed by atoms with Crippen LogP contribution in [0.25, 0.3) is 0 Å². The van der Waals surface area contributed by atoms with Crippen molar-refractivity contribution in [2.75, 3.05) is 11.5 Å². The third-order valence-corrected chi connectivity index (χ3v) is 3.47. The van der Waals surface area contributed by atoms with Crippen LogP contribution in [0.5, 0.6) is 0 Å². The molecule has 0 unspecified atom stereocenters. The maximum atomic E-state index is 11.0. The minimum absolute atomic E-state index is 0.294. The van der Waals surface area contributed by atoms with Crippen molar-refractivity contribution in [3.8, 4) is 0 Å². The van der Waals surface area contributed by atoms with Crippen molar-refractivity contribution < 1.29 is 0 Å². The van der Waals surface area contributed by atoms with Crippen LogP contribution in [0.1, 0.15) is 13.8 Å². The van der Waals surface area contributed by atoms with E-state index in [0.717, 1.165) is 11.5 Å². The second-order valence-corrected chi connectivity index (χ2v) is 4.73. The fourth-order valence-electron chi connectivity index (χ4n) is 0.901. The topological polar surface area (TPSA) is 34.1 Å². The van der Waals surface area contributed by atoms with Gasteiger partial charge in [0.2, 0.25) is 10.9 Å². The van der Waals surface area contributed by atoms with E-state index in [-0.39, 0.29) is 10.9 Å². The van der Waals surface area contributed by atoms with Crippen LogP contribution in [0.4, 0.5) is 0 Å². The summed E-state index contributed by atoms with van der Waals surface area (Å²) in [4.78, 5) is 23.3. The van der Waals surface area contributed by atoms with E-state index in [4.69, 9.17) is 0 Å². The largest absolute Gasteiger partial charge is 0.284 e. The van der Waals surface area contributed by atoms with Crippen molar-refractivity contribution in [1.82, 2.24) is 0 Å². The molecule has 66 valence electrons. The highest BCUT2D eigenvalue weighted by Crippen LogP contribution is 2.26. The zero-order chi connectivity index (χ0) is 9.14. The molecule has 0 N–H and O–H groups in total. The molecule has 0 saturated carbocycles. The van der Waals surface area contributed by atoms with Crippen molar-refractivity contribution >= 4 is 23.5 Å².